The number of nitrogens with one attached hydrogen (secondary N) is 1. The van der Waals surface area contributed by atoms with E-state index < -0.39 is 20.0 Å². The number of amides is 1. The molecule has 0 heterocycles. The van der Waals surface area contributed by atoms with E-state index in [9.17, 15) is 19.4 Å². The number of aliphatic hydroxyl groups excluding tert-OH is 1. The number of rotatable bonds is 67. The Kier molecular flexibility index (Phi) is 61.7. The van der Waals surface area contributed by atoms with Gasteiger partial charge < -0.3 is 19.8 Å². The summed E-state index contributed by atoms with van der Waals surface area (Å²) < 4.78 is 23.8. The molecule has 8 nitrogen and oxygen atoms in total. The van der Waals surface area contributed by atoms with E-state index in [1.165, 1.54) is 321 Å². The van der Waals surface area contributed by atoms with Crippen LogP contribution in [-0.2, 0) is 18.4 Å². The third-order valence-electron chi connectivity index (χ3n) is 16.7. The first kappa shape index (κ1) is 79.0. The van der Waals surface area contributed by atoms with Crippen molar-refractivity contribution in [1.82, 2.24) is 5.32 Å². The molecule has 3 unspecified atom stereocenters. The molecule has 0 aliphatic rings. The minimum Gasteiger partial charge on any atom is -0.387 e. The van der Waals surface area contributed by atoms with Gasteiger partial charge in [-0.25, -0.2) is 4.57 Å². The molecule has 0 aliphatic carbocycles. The van der Waals surface area contributed by atoms with Gasteiger partial charge in [0.2, 0.25) is 5.91 Å². The number of hydrogen-bond acceptors (Lipinski definition) is 5. The fraction of sp³-hybridized carbons (Fsp3) is 0.930. The number of quaternary nitrogens is 1. The Hall–Kier alpha value is -1.02. The molecule has 0 spiro atoms. The number of likely N-dealkylation sites (N-methyl/N-ethyl adjacent to an activating group) is 1. The Morgan fingerprint density at radius 3 is 0.963 bits per heavy atom. The predicted octanol–water partition coefficient (Wildman–Crippen LogP) is 22.7. The second-order valence-corrected chi connectivity index (χ2v) is 27.4. The van der Waals surface area contributed by atoms with Gasteiger partial charge in [-0.2, -0.15) is 0 Å². The Balaban J connectivity index is 3.96. The van der Waals surface area contributed by atoms with Crippen molar-refractivity contribution in [1.29, 1.82) is 0 Å². The zero-order chi connectivity index (χ0) is 58.4. The van der Waals surface area contributed by atoms with Crippen LogP contribution in [0.1, 0.15) is 373 Å². The monoisotopic (exact) mass is 1150 g/mol. The maximum absolute atomic E-state index is 13.0. The summed E-state index contributed by atoms with van der Waals surface area (Å²) in [5.74, 6) is -0.169. The molecular weight excluding hydrogens is 1010 g/mol. The van der Waals surface area contributed by atoms with E-state index in [4.69, 9.17) is 9.05 Å². The van der Waals surface area contributed by atoms with Crippen molar-refractivity contribution in [3.05, 3.63) is 24.3 Å². The van der Waals surface area contributed by atoms with Crippen LogP contribution in [0.3, 0.4) is 0 Å². The third-order valence-corrected chi connectivity index (χ3v) is 17.6. The minimum atomic E-state index is -4.35. The van der Waals surface area contributed by atoms with E-state index in [2.05, 4.69) is 31.3 Å². The van der Waals surface area contributed by atoms with E-state index in [-0.39, 0.29) is 19.1 Å². The summed E-state index contributed by atoms with van der Waals surface area (Å²) in [6.07, 6.45) is 82.0. The number of carbonyl (C=O) groups is 1. The van der Waals surface area contributed by atoms with Crippen LogP contribution in [0.2, 0.25) is 0 Å². The van der Waals surface area contributed by atoms with E-state index >= 15 is 0 Å². The number of hydrogen-bond donors (Lipinski definition) is 3. The summed E-state index contributed by atoms with van der Waals surface area (Å²) in [5, 5.41) is 14.0. The van der Waals surface area contributed by atoms with Crippen molar-refractivity contribution in [3.63, 3.8) is 0 Å². The topological polar surface area (TPSA) is 105 Å². The highest BCUT2D eigenvalue weighted by Crippen LogP contribution is 2.43. The van der Waals surface area contributed by atoms with Crippen molar-refractivity contribution >= 4 is 13.7 Å². The molecule has 0 saturated heterocycles. The molecule has 0 saturated carbocycles. The average molecular weight is 1150 g/mol. The number of allylic oxidation sites excluding steroid dienone is 3. The summed E-state index contributed by atoms with van der Waals surface area (Å²) in [6, 6.07) is -0.845. The quantitative estimate of drug-likeness (QED) is 0.0243. The zero-order valence-corrected chi connectivity index (χ0v) is 55.5. The Labute approximate surface area is 500 Å². The van der Waals surface area contributed by atoms with Gasteiger partial charge in [0.15, 0.2) is 0 Å². The Morgan fingerprint density at radius 2 is 0.675 bits per heavy atom. The van der Waals surface area contributed by atoms with Crippen molar-refractivity contribution in [2.75, 3.05) is 40.9 Å². The lowest BCUT2D eigenvalue weighted by Crippen LogP contribution is -2.45. The fourth-order valence-electron chi connectivity index (χ4n) is 11.1. The molecule has 0 aromatic rings. The lowest BCUT2D eigenvalue weighted by molar-refractivity contribution is -0.870. The maximum Gasteiger partial charge on any atom is 0.472 e. The lowest BCUT2D eigenvalue weighted by Gasteiger charge is -2.25. The summed E-state index contributed by atoms with van der Waals surface area (Å²) >= 11 is 0. The number of carbonyl (C=O) groups excluding carboxylic acids is 1. The number of unbranched alkanes of at least 4 members (excludes halogenated alkanes) is 52. The molecule has 80 heavy (non-hydrogen) atoms. The van der Waals surface area contributed by atoms with Gasteiger partial charge >= 0.3 is 7.82 Å². The highest BCUT2D eigenvalue weighted by molar-refractivity contribution is 7.47. The zero-order valence-electron chi connectivity index (χ0n) is 54.6. The fourth-order valence-corrected chi connectivity index (χ4v) is 11.8. The van der Waals surface area contributed by atoms with Crippen molar-refractivity contribution < 1.29 is 32.9 Å². The van der Waals surface area contributed by atoms with Gasteiger partial charge in [0.25, 0.3) is 0 Å². The Bertz CT molecular complexity index is 1350. The molecule has 0 aliphatic heterocycles. The van der Waals surface area contributed by atoms with Crippen LogP contribution >= 0.6 is 7.82 Å². The molecule has 0 fully saturated rings. The van der Waals surface area contributed by atoms with E-state index in [1.54, 1.807) is 6.08 Å². The lowest BCUT2D eigenvalue weighted by atomic mass is 10.0. The van der Waals surface area contributed by atoms with Crippen LogP contribution < -0.4 is 5.32 Å². The second-order valence-electron chi connectivity index (χ2n) is 26.0. The van der Waals surface area contributed by atoms with Crippen LogP contribution in [0.4, 0.5) is 0 Å². The van der Waals surface area contributed by atoms with Crippen molar-refractivity contribution in [2.45, 2.75) is 386 Å². The van der Waals surface area contributed by atoms with Crippen LogP contribution in [0.5, 0.6) is 0 Å². The van der Waals surface area contributed by atoms with E-state index in [0.29, 0.717) is 17.4 Å². The van der Waals surface area contributed by atoms with Crippen LogP contribution in [0.25, 0.3) is 0 Å². The molecular formula is C71H142N2O6P+. The Morgan fingerprint density at radius 1 is 0.412 bits per heavy atom. The summed E-state index contributed by atoms with van der Waals surface area (Å²) in [7, 11) is 1.59. The summed E-state index contributed by atoms with van der Waals surface area (Å²) in [4.78, 5) is 23.4. The van der Waals surface area contributed by atoms with Gasteiger partial charge in [-0.3, -0.25) is 13.8 Å². The summed E-state index contributed by atoms with van der Waals surface area (Å²) in [5.41, 5.74) is 0. The van der Waals surface area contributed by atoms with Gasteiger partial charge in [-0.05, 0) is 44.9 Å². The minimum absolute atomic E-state index is 0.0642. The SMILES string of the molecule is CCCCCCCCCCCCCCCCCC/C=C\CCCCCCCCCCCCCCCCCCCC(=O)NC(COP(=O)(O)OCC[N+](C)(C)C)C(O)/C=C/CCCCCCCCCCCCCCCCCCCCC. The number of aliphatic hydroxyl groups is 1. The first-order valence-electron chi connectivity index (χ1n) is 35.7. The first-order chi connectivity index (χ1) is 39.0. The second kappa shape index (κ2) is 62.5. The molecule has 0 radical (unpaired) electrons. The average Bonchev–Trinajstić information content (AvgIpc) is 3.42. The molecule has 0 aromatic heterocycles. The highest BCUT2D eigenvalue weighted by atomic mass is 31.2. The van der Waals surface area contributed by atoms with Gasteiger partial charge in [0.05, 0.1) is 39.9 Å². The molecule has 0 bridgehead atoms. The van der Waals surface area contributed by atoms with Crippen LogP contribution in [0.15, 0.2) is 24.3 Å². The van der Waals surface area contributed by atoms with Crippen LogP contribution in [0, 0.1) is 0 Å². The third kappa shape index (κ3) is 64.5. The molecule has 3 atom stereocenters. The normalized spacial score (nSPS) is 13.7. The molecule has 0 rings (SSSR count). The van der Waals surface area contributed by atoms with Crippen molar-refractivity contribution in [2.24, 2.45) is 0 Å². The number of phosphoric acid groups is 1. The molecule has 3 N–H and O–H groups in total. The molecule has 0 aromatic carbocycles. The van der Waals surface area contributed by atoms with Gasteiger partial charge in [0, 0.05) is 6.42 Å². The van der Waals surface area contributed by atoms with Crippen molar-refractivity contribution in [3.8, 4) is 0 Å². The summed E-state index contributed by atoms with van der Waals surface area (Å²) in [6.45, 7) is 4.88. The number of phosphoric ester groups is 1. The largest absolute Gasteiger partial charge is 0.472 e. The van der Waals surface area contributed by atoms with Gasteiger partial charge in [-0.1, -0.05) is 346 Å². The number of nitrogens with zero attached hydrogens (tertiary/aromatic N) is 1. The maximum atomic E-state index is 13.0. The predicted molar refractivity (Wildman–Crippen MR) is 351 cm³/mol. The molecule has 9 heteroatoms. The van der Waals surface area contributed by atoms with E-state index in [0.717, 1.165) is 32.1 Å². The first-order valence-corrected chi connectivity index (χ1v) is 37.2. The highest BCUT2D eigenvalue weighted by Gasteiger charge is 2.28. The molecule has 476 valence electrons. The van der Waals surface area contributed by atoms with Gasteiger partial charge in [0.1, 0.15) is 13.2 Å². The standard InChI is InChI=1S/C71H141N2O6P/c1-6-8-10-12-14-16-18-20-22-24-26-28-29-30-31-32-33-34-35-36-37-38-39-40-41-42-43-45-47-49-51-53-55-57-59-61-63-65-71(75)72-69(68-79-80(76,77)78-67-66-73(3,4)5)70(74)64-62-60-58-56-54-52-50-48-46-44-27-25-23-21-19-17-15-13-11-9-7-2/h34-35,62,64,69-70,74H,6-33,36-61,63,65-68H2,1-5H3,(H-,72,75,76,77)/p+1/b35-34-,64-62+. The van der Waals surface area contributed by atoms with Crippen LogP contribution in [-0.4, -0.2) is 73.4 Å². The molecule has 1 amide bonds. The smallest absolute Gasteiger partial charge is 0.387 e. The van der Waals surface area contributed by atoms with Gasteiger partial charge in [-0.15, -0.1) is 0 Å². The van der Waals surface area contributed by atoms with E-state index in [1.807, 2.05) is 27.2 Å².